The Morgan fingerprint density at radius 2 is 1.83 bits per heavy atom. The third-order valence-electron chi connectivity index (χ3n) is 8.71. The van der Waals surface area contributed by atoms with Gasteiger partial charge in [-0.15, -0.1) is 0 Å². The molecule has 3 N–H and O–H groups in total. The Labute approximate surface area is 267 Å². The minimum absolute atomic E-state index is 0.0468. The Morgan fingerprint density at radius 1 is 1.02 bits per heavy atom. The summed E-state index contributed by atoms with van der Waals surface area (Å²) in [6.07, 6.45) is 3.34. The number of methoxy groups -OCH3 is 1. The van der Waals surface area contributed by atoms with Crippen molar-refractivity contribution in [2.45, 2.75) is 37.5 Å². The first-order valence-corrected chi connectivity index (χ1v) is 15.4. The highest BCUT2D eigenvalue weighted by atomic mass is 16.5. The molecule has 1 amide bonds. The van der Waals surface area contributed by atoms with Crippen LogP contribution in [0.5, 0.6) is 5.75 Å². The maximum atomic E-state index is 13.1. The number of nitrogens with one attached hydrogen (secondary N) is 2. The summed E-state index contributed by atoms with van der Waals surface area (Å²) in [4.78, 5) is 29.4. The molecule has 11 heteroatoms. The van der Waals surface area contributed by atoms with Crippen molar-refractivity contribution in [3.8, 4) is 5.75 Å². The number of hydrogen-bond donors (Lipinski definition) is 3. The predicted molar refractivity (Wildman–Crippen MR) is 173 cm³/mol. The monoisotopic (exact) mass is 620 g/mol. The molecule has 0 unspecified atom stereocenters. The Bertz CT molecular complexity index is 1740. The molecular formula is C35H36N6O5. The third-order valence-corrected chi connectivity index (χ3v) is 8.71. The lowest BCUT2D eigenvalue weighted by atomic mass is 9.92. The van der Waals surface area contributed by atoms with Crippen LogP contribution < -0.4 is 15.4 Å². The van der Waals surface area contributed by atoms with Gasteiger partial charge in [-0.25, -0.2) is 15.0 Å². The van der Waals surface area contributed by atoms with Gasteiger partial charge in [-0.3, -0.25) is 4.79 Å². The summed E-state index contributed by atoms with van der Waals surface area (Å²) in [6, 6.07) is 22.6. The summed E-state index contributed by atoms with van der Waals surface area (Å²) in [5.41, 5.74) is 4.40. The molecule has 3 aliphatic rings. The second kappa shape index (κ2) is 12.8. The van der Waals surface area contributed by atoms with Crippen LogP contribution in [0.3, 0.4) is 0 Å². The van der Waals surface area contributed by atoms with E-state index in [1.807, 2.05) is 60.7 Å². The smallest absolute Gasteiger partial charge is 0.256 e. The molecule has 0 bridgehead atoms. The lowest BCUT2D eigenvalue weighted by Gasteiger charge is -2.28. The molecule has 1 spiro atoms. The van der Waals surface area contributed by atoms with Gasteiger partial charge in [0.15, 0.2) is 0 Å². The Kier molecular flexibility index (Phi) is 8.25. The summed E-state index contributed by atoms with van der Waals surface area (Å²) in [5, 5.41) is 17.1. The Morgan fingerprint density at radius 3 is 2.59 bits per heavy atom. The van der Waals surface area contributed by atoms with Gasteiger partial charge >= 0.3 is 0 Å². The predicted octanol–water partition coefficient (Wildman–Crippen LogP) is 4.86. The highest BCUT2D eigenvalue weighted by Gasteiger charge is 2.39. The molecule has 0 radical (unpaired) electrons. The van der Waals surface area contributed by atoms with Gasteiger partial charge in [0.25, 0.3) is 5.91 Å². The van der Waals surface area contributed by atoms with Crippen LogP contribution in [0.1, 0.15) is 51.6 Å². The van der Waals surface area contributed by atoms with E-state index in [9.17, 15) is 9.90 Å². The highest BCUT2D eigenvalue weighted by molar-refractivity contribution is 6.01. The quantitative estimate of drug-likeness (QED) is 0.228. The van der Waals surface area contributed by atoms with Gasteiger partial charge in [0.1, 0.15) is 29.5 Å². The molecule has 2 aromatic carbocycles. The Balaban J connectivity index is 1.13. The van der Waals surface area contributed by atoms with Crippen LogP contribution >= 0.6 is 0 Å². The molecule has 0 saturated carbocycles. The topological polar surface area (TPSA) is 130 Å². The number of carbonyl (C=O) groups is 1. The number of aromatic nitrogens is 2. The SMILES string of the molecule is COc1ccc(CN2Cc3nc(Nc4cc(N[C@H](CO)c5ccccc5)c(C5=NC6(CCOCC6)CO5)cn4)ccc3C2=O)cc1. The fraction of sp³-hybridized carbons (Fsp3) is 0.314. The highest BCUT2D eigenvalue weighted by Crippen LogP contribution is 2.35. The number of benzene rings is 2. The van der Waals surface area contributed by atoms with Crippen molar-refractivity contribution in [2.24, 2.45) is 4.99 Å². The fourth-order valence-electron chi connectivity index (χ4n) is 6.07. The van der Waals surface area contributed by atoms with Crippen LogP contribution in [0.2, 0.25) is 0 Å². The summed E-state index contributed by atoms with van der Waals surface area (Å²) in [7, 11) is 1.63. The average Bonchev–Trinajstić information content (AvgIpc) is 3.64. The van der Waals surface area contributed by atoms with Crippen LogP contribution in [0.15, 0.2) is 84.0 Å². The largest absolute Gasteiger partial charge is 0.497 e. The molecule has 1 saturated heterocycles. The van der Waals surface area contributed by atoms with Gasteiger partial charge in [-0.1, -0.05) is 42.5 Å². The zero-order valence-electron chi connectivity index (χ0n) is 25.6. The molecule has 3 aliphatic heterocycles. The number of aliphatic hydroxyl groups is 1. The minimum Gasteiger partial charge on any atom is -0.497 e. The molecule has 1 atom stereocenters. The molecule has 1 fully saturated rings. The summed E-state index contributed by atoms with van der Waals surface area (Å²) >= 11 is 0. The normalized spacial score (nSPS) is 17.3. The standard InChI is InChI=1S/C35H36N6O5/c1-44-25-9-7-23(8-10-25)19-41-20-29-26(34(41)43)11-12-31(38-29)39-32-17-28(37-30(21-42)24-5-3-2-4-6-24)27(18-36-32)33-40-35(22-46-33)13-15-45-16-14-35/h2-12,17-18,30,42H,13-16,19-22H2,1H3,(H2,36,37,38,39)/t30-/m1/s1. The zero-order chi connectivity index (χ0) is 31.5. The van der Waals surface area contributed by atoms with E-state index < -0.39 is 0 Å². The molecule has 7 rings (SSSR count). The number of pyridine rings is 2. The fourth-order valence-corrected chi connectivity index (χ4v) is 6.07. The van der Waals surface area contributed by atoms with Gasteiger partial charge in [0, 0.05) is 32.0 Å². The van der Waals surface area contributed by atoms with Crippen molar-refractivity contribution in [1.29, 1.82) is 0 Å². The van der Waals surface area contributed by atoms with Gasteiger partial charge in [0.2, 0.25) is 5.90 Å². The van der Waals surface area contributed by atoms with Crippen molar-refractivity contribution >= 4 is 29.1 Å². The van der Waals surface area contributed by atoms with E-state index in [0.29, 0.717) is 73.0 Å². The van der Waals surface area contributed by atoms with Crippen molar-refractivity contribution in [3.05, 3.63) is 107 Å². The van der Waals surface area contributed by atoms with E-state index in [-0.39, 0.29) is 24.1 Å². The second-order valence-corrected chi connectivity index (χ2v) is 11.8. The van der Waals surface area contributed by atoms with E-state index in [4.69, 9.17) is 24.2 Å². The van der Waals surface area contributed by atoms with Gasteiger partial charge in [-0.05, 0) is 48.2 Å². The van der Waals surface area contributed by atoms with Crippen molar-refractivity contribution in [1.82, 2.24) is 14.9 Å². The molecule has 2 aromatic heterocycles. The molecule has 46 heavy (non-hydrogen) atoms. The number of anilines is 3. The van der Waals surface area contributed by atoms with Crippen LogP contribution in [0.25, 0.3) is 0 Å². The lowest BCUT2D eigenvalue weighted by Crippen LogP contribution is -2.35. The van der Waals surface area contributed by atoms with E-state index in [1.54, 1.807) is 30.3 Å². The number of hydrogen-bond acceptors (Lipinski definition) is 10. The zero-order valence-corrected chi connectivity index (χ0v) is 25.6. The number of rotatable bonds is 10. The minimum atomic E-state index is -0.366. The molecule has 0 aliphatic carbocycles. The van der Waals surface area contributed by atoms with Crippen molar-refractivity contribution < 1.29 is 24.1 Å². The number of carbonyl (C=O) groups excluding carboxylic acids is 1. The number of aliphatic hydroxyl groups excluding tert-OH is 1. The first-order valence-electron chi connectivity index (χ1n) is 15.4. The lowest BCUT2D eigenvalue weighted by molar-refractivity contribution is 0.0442. The molecule has 4 aromatic rings. The third kappa shape index (κ3) is 6.11. The number of aliphatic imine (C=N–C) groups is 1. The van der Waals surface area contributed by atoms with Crippen molar-refractivity contribution in [2.75, 3.05) is 44.2 Å². The maximum absolute atomic E-state index is 13.1. The van der Waals surface area contributed by atoms with Gasteiger partial charge in [-0.2, -0.15) is 0 Å². The van der Waals surface area contributed by atoms with Crippen molar-refractivity contribution in [3.63, 3.8) is 0 Å². The van der Waals surface area contributed by atoms with Gasteiger partial charge in [0.05, 0.1) is 48.8 Å². The van der Waals surface area contributed by atoms with Crippen LogP contribution in [-0.2, 0) is 22.6 Å². The van der Waals surface area contributed by atoms with E-state index >= 15 is 0 Å². The molecule has 236 valence electrons. The molecule has 11 nitrogen and oxygen atoms in total. The summed E-state index contributed by atoms with van der Waals surface area (Å²) in [5.74, 6) is 2.37. The molecule has 5 heterocycles. The number of amides is 1. The van der Waals surface area contributed by atoms with E-state index in [0.717, 1.165) is 29.7 Å². The summed E-state index contributed by atoms with van der Waals surface area (Å²) in [6.45, 7) is 2.59. The van der Waals surface area contributed by atoms with Crippen LogP contribution in [0.4, 0.5) is 17.3 Å². The Hall–Kier alpha value is -5.00. The second-order valence-electron chi connectivity index (χ2n) is 11.8. The molecular weight excluding hydrogens is 584 g/mol. The first-order chi connectivity index (χ1) is 22.5. The van der Waals surface area contributed by atoms with Crippen LogP contribution in [0, 0.1) is 0 Å². The van der Waals surface area contributed by atoms with E-state index in [2.05, 4.69) is 15.6 Å². The average molecular weight is 621 g/mol. The maximum Gasteiger partial charge on any atom is 0.256 e. The van der Waals surface area contributed by atoms with E-state index in [1.165, 1.54) is 0 Å². The van der Waals surface area contributed by atoms with Gasteiger partial charge < -0.3 is 34.9 Å². The summed E-state index contributed by atoms with van der Waals surface area (Å²) < 4.78 is 17.0. The number of fused-ring (bicyclic) bond motifs is 1. The number of nitrogens with zero attached hydrogens (tertiary/aromatic N) is 4. The first kappa shape index (κ1) is 29.7. The van der Waals surface area contributed by atoms with Crippen LogP contribution in [-0.4, -0.2) is 70.9 Å². The number of ether oxygens (including phenoxy) is 3.